The van der Waals surface area contributed by atoms with Crippen molar-refractivity contribution in [3.8, 4) is 22.9 Å². The fraction of sp³-hybridized carbons (Fsp3) is 0.304. The Kier molecular flexibility index (Phi) is 4.38. The van der Waals surface area contributed by atoms with E-state index in [2.05, 4.69) is 5.10 Å². The van der Waals surface area contributed by atoms with Crippen molar-refractivity contribution < 1.29 is 19.0 Å². The van der Waals surface area contributed by atoms with Crippen molar-refractivity contribution in [3.63, 3.8) is 0 Å². The van der Waals surface area contributed by atoms with Crippen LogP contribution in [0, 0.1) is 0 Å². The number of carbonyl (C=O) groups excluding carboxylic acids is 1. The summed E-state index contributed by atoms with van der Waals surface area (Å²) in [6, 6.07) is 11.7. The normalized spacial score (nSPS) is 17.1. The number of aromatic nitrogens is 2. The molecule has 0 unspecified atom stereocenters. The Morgan fingerprint density at radius 3 is 2.43 bits per heavy atom. The summed E-state index contributed by atoms with van der Waals surface area (Å²) in [4.78, 5) is 15.2. The van der Waals surface area contributed by atoms with Gasteiger partial charge in [0.25, 0.3) is 5.91 Å². The van der Waals surface area contributed by atoms with Gasteiger partial charge in [-0.1, -0.05) is 0 Å². The molecule has 2 aliphatic heterocycles. The molecule has 5 rings (SSSR count). The van der Waals surface area contributed by atoms with Crippen LogP contribution in [0.4, 0.5) is 0 Å². The minimum atomic E-state index is -0.0535. The molecule has 3 aromatic rings. The molecule has 0 N–H and O–H groups in total. The molecule has 0 radical (unpaired) electrons. The second-order valence-corrected chi connectivity index (χ2v) is 7.49. The lowest BCUT2D eigenvalue weighted by atomic mass is 9.85. The molecule has 0 spiro atoms. The Morgan fingerprint density at radius 1 is 1.00 bits per heavy atom. The highest BCUT2D eigenvalue weighted by atomic mass is 16.5. The number of ether oxygens (including phenoxy) is 3. The van der Waals surface area contributed by atoms with E-state index in [-0.39, 0.29) is 11.9 Å². The van der Waals surface area contributed by atoms with Crippen LogP contribution in [0.5, 0.6) is 17.2 Å². The highest BCUT2D eigenvalue weighted by Gasteiger charge is 2.39. The first-order chi connectivity index (χ1) is 14.6. The van der Waals surface area contributed by atoms with Crippen LogP contribution in [0.25, 0.3) is 5.69 Å². The average molecular weight is 405 g/mol. The highest BCUT2D eigenvalue weighted by molar-refractivity contribution is 5.97. The van der Waals surface area contributed by atoms with Gasteiger partial charge in [-0.15, -0.1) is 0 Å². The summed E-state index contributed by atoms with van der Waals surface area (Å²) in [5.74, 6) is 2.21. The van der Waals surface area contributed by atoms with Crippen molar-refractivity contribution in [2.45, 2.75) is 18.9 Å². The molecule has 1 aromatic heterocycles. The topological polar surface area (TPSA) is 65.8 Å². The largest absolute Gasteiger partial charge is 0.497 e. The van der Waals surface area contributed by atoms with E-state index in [1.807, 2.05) is 46.0 Å². The first-order valence-electron chi connectivity index (χ1n) is 9.91. The standard InChI is InChI=1S/C23H23N3O4/c1-28-16-6-4-15(5-7-16)26-20-12-19-17-11-22(30-3)21(29-2)10-14(17)8-9-25(19)23(27)18(20)13-24-26/h4-7,10-11,13,19H,8-9,12H2,1-3H3/t19-/m1/s1. The van der Waals surface area contributed by atoms with Crippen LogP contribution in [-0.2, 0) is 12.8 Å². The summed E-state index contributed by atoms with van der Waals surface area (Å²) < 4.78 is 18.1. The van der Waals surface area contributed by atoms with Crippen molar-refractivity contribution in [3.05, 3.63) is 65.0 Å². The summed E-state index contributed by atoms with van der Waals surface area (Å²) in [7, 11) is 4.92. The first kappa shape index (κ1) is 18.5. The van der Waals surface area contributed by atoms with Crippen LogP contribution < -0.4 is 14.2 Å². The number of fused-ring (bicyclic) bond motifs is 4. The van der Waals surface area contributed by atoms with E-state index in [4.69, 9.17) is 14.2 Å². The van der Waals surface area contributed by atoms with Gasteiger partial charge in [0, 0.05) is 13.0 Å². The Morgan fingerprint density at radius 2 is 1.73 bits per heavy atom. The number of hydrogen-bond donors (Lipinski definition) is 0. The zero-order valence-electron chi connectivity index (χ0n) is 17.2. The third-order valence-electron chi connectivity index (χ3n) is 6.07. The molecule has 2 aliphatic rings. The van der Waals surface area contributed by atoms with E-state index in [9.17, 15) is 4.79 Å². The Hall–Kier alpha value is -3.48. The molecule has 2 aromatic carbocycles. The van der Waals surface area contributed by atoms with Crippen molar-refractivity contribution in [2.75, 3.05) is 27.9 Å². The summed E-state index contributed by atoms with van der Waals surface area (Å²) >= 11 is 0. The van der Waals surface area contributed by atoms with E-state index in [0.29, 0.717) is 24.3 Å². The van der Waals surface area contributed by atoms with Gasteiger partial charge >= 0.3 is 0 Å². The predicted molar refractivity (Wildman–Crippen MR) is 111 cm³/mol. The van der Waals surface area contributed by atoms with Gasteiger partial charge in [0.15, 0.2) is 11.5 Å². The second kappa shape index (κ2) is 7.09. The number of nitrogens with zero attached hydrogens (tertiary/aromatic N) is 3. The minimum Gasteiger partial charge on any atom is -0.497 e. The van der Waals surface area contributed by atoms with Gasteiger partial charge in [-0.2, -0.15) is 5.10 Å². The molecular formula is C23H23N3O4. The van der Waals surface area contributed by atoms with Gasteiger partial charge in [-0.05, 0) is 53.9 Å². The zero-order valence-corrected chi connectivity index (χ0v) is 17.2. The highest BCUT2D eigenvalue weighted by Crippen LogP contribution is 2.42. The van der Waals surface area contributed by atoms with E-state index in [1.54, 1.807) is 27.5 Å². The molecular weight excluding hydrogens is 382 g/mol. The fourth-order valence-electron chi connectivity index (χ4n) is 4.52. The summed E-state index contributed by atoms with van der Waals surface area (Å²) in [5, 5.41) is 4.53. The van der Waals surface area contributed by atoms with E-state index < -0.39 is 0 Å². The fourth-order valence-corrected chi connectivity index (χ4v) is 4.52. The number of carbonyl (C=O) groups is 1. The lowest BCUT2D eigenvalue weighted by Crippen LogP contribution is -2.44. The average Bonchev–Trinajstić information content (AvgIpc) is 3.22. The third kappa shape index (κ3) is 2.73. The molecule has 0 bridgehead atoms. The SMILES string of the molecule is COc1ccc(-n2ncc3c2C[C@@H]2c4cc(OC)c(OC)cc4CCN2C3=O)cc1. The molecule has 1 amide bonds. The predicted octanol–water partition coefficient (Wildman–Crippen LogP) is 3.19. The van der Waals surface area contributed by atoms with Gasteiger partial charge in [0.1, 0.15) is 5.75 Å². The molecule has 7 heteroatoms. The van der Waals surface area contributed by atoms with Gasteiger partial charge in [0.05, 0.1) is 50.5 Å². The van der Waals surface area contributed by atoms with Crippen LogP contribution in [0.2, 0.25) is 0 Å². The van der Waals surface area contributed by atoms with E-state index >= 15 is 0 Å². The van der Waals surface area contributed by atoms with Gasteiger partial charge in [-0.3, -0.25) is 4.79 Å². The molecule has 0 fully saturated rings. The van der Waals surface area contributed by atoms with Crippen LogP contribution in [-0.4, -0.2) is 48.5 Å². The molecule has 7 nitrogen and oxygen atoms in total. The van der Waals surface area contributed by atoms with Gasteiger partial charge in [0.2, 0.25) is 0 Å². The Balaban J connectivity index is 1.58. The maximum atomic E-state index is 13.3. The number of rotatable bonds is 4. The minimum absolute atomic E-state index is 0.0291. The molecule has 0 saturated carbocycles. The smallest absolute Gasteiger partial charge is 0.257 e. The van der Waals surface area contributed by atoms with Crippen molar-refractivity contribution >= 4 is 5.91 Å². The van der Waals surface area contributed by atoms with Gasteiger partial charge in [-0.25, -0.2) is 4.68 Å². The second-order valence-electron chi connectivity index (χ2n) is 7.49. The van der Waals surface area contributed by atoms with Crippen molar-refractivity contribution in [1.82, 2.24) is 14.7 Å². The van der Waals surface area contributed by atoms with Crippen LogP contribution in [0.15, 0.2) is 42.6 Å². The van der Waals surface area contributed by atoms with Crippen LogP contribution >= 0.6 is 0 Å². The van der Waals surface area contributed by atoms with Crippen molar-refractivity contribution in [1.29, 1.82) is 0 Å². The monoisotopic (exact) mass is 405 g/mol. The van der Waals surface area contributed by atoms with Crippen LogP contribution in [0.3, 0.4) is 0 Å². The molecule has 0 saturated heterocycles. The lowest BCUT2D eigenvalue weighted by Gasteiger charge is -2.40. The quantitative estimate of drug-likeness (QED) is 0.667. The molecule has 154 valence electrons. The Labute approximate surface area is 174 Å². The number of amides is 1. The number of benzene rings is 2. The maximum Gasteiger partial charge on any atom is 0.257 e. The zero-order chi connectivity index (χ0) is 20.8. The summed E-state index contributed by atoms with van der Waals surface area (Å²) in [6.45, 7) is 0.680. The van der Waals surface area contributed by atoms with Crippen molar-refractivity contribution in [2.24, 2.45) is 0 Å². The van der Waals surface area contributed by atoms with Crippen LogP contribution in [0.1, 0.15) is 33.2 Å². The number of hydrogen-bond acceptors (Lipinski definition) is 5. The first-order valence-corrected chi connectivity index (χ1v) is 9.91. The third-order valence-corrected chi connectivity index (χ3v) is 6.07. The van der Waals surface area contributed by atoms with E-state index in [0.717, 1.165) is 34.9 Å². The molecule has 0 aliphatic carbocycles. The van der Waals surface area contributed by atoms with E-state index in [1.165, 1.54) is 5.56 Å². The number of methoxy groups -OCH3 is 3. The molecule has 1 atom stereocenters. The molecule has 3 heterocycles. The maximum absolute atomic E-state index is 13.3. The lowest BCUT2D eigenvalue weighted by molar-refractivity contribution is 0.0629. The summed E-state index contributed by atoms with van der Waals surface area (Å²) in [6.07, 6.45) is 3.16. The molecule has 30 heavy (non-hydrogen) atoms. The van der Waals surface area contributed by atoms with Gasteiger partial charge < -0.3 is 19.1 Å². The Bertz CT molecular complexity index is 1120. The summed E-state index contributed by atoms with van der Waals surface area (Å²) in [5.41, 5.74) is 4.81.